The number of nitrogens with zero attached hydrogens (tertiary/aromatic N) is 3. The molecule has 3 aromatic heterocycles. The Balaban J connectivity index is 0.942. The maximum Gasteiger partial charge on any atom is 0.160 e. The molecule has 0 N–H and O–H groups in total. The molecule has 1 aliphatic carbocycles. The van der Waals surface area contributed by atoms with E-state index in [0.29, 0.717) is 0 Å². The largest absolute Gasteiger partial charge is 0.309 e. The van der Waals surface area contributed by atoms with Crippen LogP contribution in [-0.4, -0.2) is 14.5 Å². The zero-order chi connectivity index (χ0) is 41.8. The molecule has 4 heteroatoms. The second-order valence-electron chi connectivity index (χ2n) is 17.3. The lowest BCUT2D eigenvalue weighted by atomic mass is 9.81. The van der Waals surface area contributed by atoms with Gasteiger partial charge in [0, 0.05) is 64.1 Å². The first-order valence-electron chi connectivity index (χ1n) is 21.7. The van der Waals surface area contributed by atoms with Gasteiger partial charge in [-0.25, -0.2) is 9.97 Å². The van der Waals surface area contributed by atoms with Crippen LogP contribution in [0.3, 0.4) is 0 Å². The highest BCUT2D eigenvalue weighted by atomic mass is 32.1. The number of para-hydroxylation sites is 2. The predicted molar refractivity (Wildman–Crippen MR) is 266 cm³/mol. The first-order chi connectivity index (χ1) is 31.0. The average molecular weight is 822 g/mol. The topological polar surface area (TPSA) is 30.7 Å². The molecule has 63 heavy (non-hydrogen) atoms. The second-order valence-corrected chi connectivity index (χ2v) is 18.4. The average Bonchev–Trinajstić information content (AvgIpc) is 3.96. The SMILES string of the molecule is CC1(C)c2cc(-c3nc(-c4ccccc4)c4cc(-c5ccc6c(c5)c5ccccc5n6-c5ccccc5)ccc4n3)ccc2-c2c(-c3cccc4c3sc3ccccc34)cccc21. The third-order valence-corrected chi connectivity index (χ3v) is 14.6. The summed E-state index contributed by atoms with van der Waals surface area (Å²) in [6.07, 6.45) is 0. The van der Waals surface area contributed by atoms with Crippen molar-refractivity contribution in [3.05, 3.63) is 211 Å². The highest BCUT2D eigenvalue weighted by molar-refractivity contribution is 7.26. The van der Waals surface area contributed by atoms with Crippen molar-refractivity contribution in [1.29, 1.82) is 0 Å². The van der Waals surface area contributed by atoms with Gasteiger partial charge < -0.3 is 4.57 Å². The van der Waals surface area contributed by atoms with Crippen LogP contribution in [0.1, 0.15) is 25.0 Å². The van der Waals surface area contributed by atoms with Crippen LogP contribution in [0.25, 0.3) is 115 Å². The van der Waals surface area contributed by atoms with Crippen LogP contribution in [0.4, 0.5) is 0 Å². The van der Waals surface area contributed by atoms with E-state index in [1.54, 1.807) is 0 Å². The van der Waals surface area contributed by atoms with Gasteiger partial charge in [-0.1, -0.05) is 159 Å². The Morgan fingerprint density at radius 2 is 1.10 bits per heavy atom. The van der Waals surface area contributed by atoms with Gasteiger partial charge in [0.2, 0.25) is 0 Å². The van der Waals surface area contributed by atoms with Crippen LogP contribution in [0.2, 0.25) is 0 Å². The minimum Gasteiger partial charge on any atom is -0.309 e. The van der Waals surface area contributed by atoms with E-state index in [1.165, 1.54) is 75.4 Å². The van der Waals surface area contributed by atoms with Crippen LogP contribution in [0.15, 0.2) is 200 Å². The lowest BCUT2D eigenvalue weighted by molar-refractivity contribution is 0.660. The van der Waals surface area contributed by atoms with E-state index >= 15 is 0 Å². The van der Waals surface area contributed by atoms with Crippen molar-refractivity contribution < 1.29 is 0 Å². The Morgan fingerprint density at radius 3 is 1.95 bits per heavy atom. The van der Waals surface area contributed by atoms with E-state index in [1.807, 2.05) is 11.3 Å². The number of rotatable bonds is 5. The van der Waals surface area contributed by atoms with Crippen molar-refractivity contribution in [3.63, 3.8) is 0 Å². The molecule has 0 saturated heterocycles. The third kappa shape index (κ3) is 5.45. The fraction of sp³-hybridized carbons (Fsp3) is 0.0508. The number of hydrogen-bond acceptors (Lipinski definition) is 3. The summed E-state index contributed by atoms with van der Waals surface area (Å²) in [6.45, 7) is 4.72. The van der Waals surface area contributed by atoms with Crippen LogP contribution in [-0.2, 0) is 5.41 Å². The molecule has 3 heterocycles. The fourth-order valence-electron chi connectivity index (χ4n) is 10.4. The smallest absolute Gasteiger partial charge is 0.160 e. The van der Waals surface area contributed by atoms with Crippen molar-refractivity contribution >= 4 is 64.2 Å². The van der Waals surface area contributed by atoms with Gasteiger partial charge in [0.05, 0.1) is 22.2 Å². The first-order valence-corrected chi connectivity index (χ1v) is 22.5. The van der Waals surface area contributed by atoms with Crippen LogP contribution in [0.5, 0.6) is 0 Å². The monoisotopic (exact) mass is 821 g/mol. The van der Waals surface area contributed by atoms with Gasteiger partial charge in [-0.15, -0.1) is 11.3 Å². The van der Waals surface area contributed by atoms with Gasteiger partial charge in [0.1, 0.15) is 0 Å². The first kappa shape index (κ1) is 36.0. The van der Waals surface area contributed by atoms with E-state index in [4.69, 9.17) is 9.97 Å². The van der Waals surface area contributed by atoms with E-state index in [0.717, 1.165) is 50.4 Å². The third-order valence-electron chi connectivity index (χ3n) is 13.4. The Labute approximate surface area is 369 Å². The highest BCUT2D eigenvalue weighted by Crippen LogP contribution is 2.54. The highest BCUT2D eigenvalue weighted by Gasteiger charge is 2.37. The van der Waals surface area contributed by atoms with Crippen LogP contribution >= 0.6 is 11.3 Å². The van der Waals surface area contributed by atoms with Crippen molar-refractivity contribution in [1.82, 2.24) is 14.5 Å². The van der Waals surface area contributed by atoms with Crippen molar-refractivity contribution in [2.45, 2.75) is 19.3 Å². The Bertz CT molecular complexity index is 3820. The van der Waals surface area contributed by atoms with E-state index in [-0.39, 0.29) is 5.41 Å². The number of aromatic nitrogens is 3. The van der Waals surface area contributed by atoms with Crippen molar-refractivity contribution in [2.24, 2.45) is 0 Å². The molecule has 9 aromatic carbocycles. The standard InChI is InChI=1S/C59H39N3S/c1-59(2)49-24-14-21-43(45-23-13-22-44-42-20-10-12-26-54(42)63-57(44)45)55(49)46-30-27-39(35-50(46)59)58-60-51-31-28-37(34-48(51)56(61-58)36-15-5-3-6-16-36)38-29-32-53-47(33-38)41-19-9-11-25-52(41)62(53)40-17-7-4-8-18-40/h3-35H,1-2H3. The second kappa shape index (κ2) is 13.7. The lowest BCUT2D eigenvalue weighted by Crippen LogP contribution is -2.15. The van der Waals surface area contributed by atoms with Crippen LogP contribution < -0.4 is 0 Å². The van der Waals surface area contributed by atoms with Gasteiger partial charge in [0.25, 0.3) is 0 Å². The summed E-state index contributed by atoms with van der Waals surface area (Å²) < 4.78 is 5.03. The van der Waals surface area contributed by atoms with E-state index in [2.05, 4.69) is 219 Å². The molecule has 3 nitrogen and oxygen atoms in total. The Kier molecular flexibility index (Phi) is 7.82. The van der Waals surface area contributed by atoms with Gasteiger partial charge >= 0.3 is 0 Å². The number of hydrogen-bond donors (Lipinski definition) is 0. The van der Waals surface area contributed by atoms with E-state index in [9.17, 15) is 0 Å². The molecular weight excluding hydrogens is 783 g/mol. The van der Waals surface area contributed by atoms with Crippen LogP contribution in [0, 0.1) is 0 Å². The van der Waals surface area contributed by atoms with Crippen molar-refractivity contribution in [2.75, 3.05) is 0 Å². The minimum absolute atomic E-state index is 0.215. The normalized spacial score (nSPS) is 13.0. The van der Waals surface area contributed by atoms with Gasteiger partial charge in [-0.05, 0) is 93.5 Å². The molecule has 12 aromatic rings. The Morgan fingerprint density at radius 1 is 0.429 bits per heavy atom. The maximum absolute atomic E-state index is 5.43. The molecule has 0 amide bonds. The maximum atomic E-state index is 5.43. The van der Waals surface area contributed by atoms with Gasteiger partial charge in [-0.2, -0.15) is 0 Å². The summed E-state index contributed by atoms with van der Waals surface area (Å²) in [4.78, 5) is 10.8. The number of fused-ring (bicyclic) bond motifs is 10. The molecule has 1 aliphatic rings. The summed E-state index contributed by atoms with van der Waals surface area (Å²) in [5.41, 5.74) is 17.4. The molecule has 0 aliphatic heterocycles. The fourth-order valence-corrected chi connectivity index (χ4v) is 11.6. The molecule has 296 valence electrons. The molecule has 0 atom stereocenters. The Hall–Kier alpha value is -7.66. The summed E-state index contributed by atoms with van der Waals surface area (Å²) in [5, 5.41) is 6.14. The molecular formula is C59H39N3S. The minimum atomic E-state index is -0.215. The zero-order valence-electron chi connectivity index (χ0n) is 34.8. The molecule has 0 saturated carbocycles. The molecule has 0 fully saturated rings. The summed E-state index contributed by atoms with van der Waals surface area (Å²) in [7, 11) is 0. The summed E-state index contributed by atoms with van der Waals surface area (Å²) in [5.74, 6) is 0.731. The van der Waals surface area contributed by atoms with Crippen molar-refractivity contribution in [3.8, 4) is 61.7 Å². The van der Waals surface area contributed by atoms with Gasteiger partial charge in [-0.3, -0.25) is 0 Å². The molecule has 0 spiro atoms. The zero-order valence-corrected chi connectivity index (χ0v) is 35.6. The molecule has 13 rings (SSSR count). The predicted octanol–water partition coefficient (Wildman–Crippen LogP) is 16.1. The van der Waals surface area contributed by atoms with E-state index < -0.39 is 0 Å². The molecule has 0 bridgehead atoms. The quantitative estimate of drug-likeness (QED) is 0.173. The number of benzene rings is 9. The summed E-state index contributed by atoms with van der Waals surface area (Å²) in [6, 6.07) is 72.7. The summed E-state index contributed by atoms with van der Waals surface area (Å²) >= 11 is 1.89. The molecule has 0 unspecified atom stereocenters. The van der Waals surface area contributed by atoms with Gasteiger partial charge in [0.15, 0.2) is 5.82 Å². The molecule has 0 radical (unpaired) electrons. The lowest BCUT2D eigenvalue weighted by Gasteiger charge is -2.22. The number of thiophene rings is 1.